The number of nitrogens with zero attached hydrogens (tertiary/aromatic N) is 1. The fourth-order valence-corrected chi connectivity index (χ4v) is 3.13. The predicted molar refractivity (Wildman–Crippen MR) is 117 cm³/mol. The normalized spacial score (nSPS) is 11.1. The van der Waals surface area contributed by atoms with E-state index in [1.54, 1.807) is 36.5 Å². The lowest BCUT2D eigenvalue weighted by atomic mass is 10.1. The Hall–Kier alpha value is -4.60. The first-order valence-electron chi connectivity index (χ1n) is 9.84. The summed E-state index contributed by atoms with van der Waals surface area (Å²) in [6.07, 6.45) is -1.61. The molecule has 10 heteroatoms. The number of nitrogens with one attached hydrogen (secondary N) is 2. The molecule has 2 heterocycles. The third kappa shape index (κ3) is 5.23. The lowest BCUT2D eigenvalue weighted by Gasteiger charge is -2.09. The number of carboxylic acids is 1. The van der Waals surface area contributed by atoms with Gasteiger partial charge in [-0.1, -0.05) is 18.2 Å². The monoisotopic (exact) mass is 467 g/mol. The molecule has 0 aliphatic carbocycles. The molecule has 0 saturated heterocycles. The summed E-state index contributed by atoms with van der Waals surface area (Å²) >= 11 is 0. The maximum absolute atomic E-state index is 12.9. The van der Waals surface area contributed by atoms with Crippen molar-refractivity contribution in [2.24, 2.45) is 0 Å². The predicted octanol–water partition coefficient (Wildman–Crippen LogP) is 5.84. The molecule has 1 amide bonds. The zero-order valence-electron chi connectivity index (χ0n) is 17.3. The van der Waals surface area contributed by atoms with E-state index in [1.807, 2.05) is 0 Å². The number of aromatic nitrogens is 2. The van der Waals surface area contributed by atoms with Crippen LogP contribution in [-0.4, -0.2) is 27.0 Å². The number of hydrogen-bond donors (Lipinski definition) is 3. The second kappa shape index (κ2) is 9.10. The van der Waals surface area contributed by atoms with Gasteiger partial charge in [0.15, 0.2) is 5.69 Å². The van der Waals surface area contributed by atoms with Crippen LogP contribution in [0.3, 0.4) is 0 Å². The van der Waals surface area contributed by atoms with Gasteiger partial charge in [0.2, 0.25) is 0 Å². The molecule has 3 N–H and O–H groups in total. The molecule has 2 aromatic heterocycles. The van der Waals surface area contributed by atoms with Gasteiger partial charge >= 0.3 is 12.1 Å². The van der Waals surface area contributed by atoms with Gasteiger partial charge in [0.05, 0.1) is 5.56 Å². The van der Waals surface area contributed by atoms with E-state index in [1.165, 1.54) is 30.5 Å². The molecule has 0 radical (unpaired) electrons. The summed E-state index contributed by atoms with van der Waals surface area (Å²) in [7, 11) is 0. The Bertz CT molecular complexity index is 1370. The molecular weight excluding hydrogens is 451 g/mol. The Morgan fingerprint density at radius 1 is 0.941 bits per heavy atom. The number of rotatable bonds is 6. The molecular formula is C24H16F3N3O4. The number of benzene rings is 2. The molecule has 4 aromatic rings. The highest BCUT2D eigenvalue weighted by Gasteiger charge is 2.30. The van der Waals surface area contributed by atoms with Gasteiger partial charge in [-0.05, 0) is 48.0 Å². The molecule has 0 aliphatic heterocycles. The summed E-state index contributed by atoms with van der Waals surface area (Å²) in [4.78, 5) is 30.1. The molecule has 0 spiro atoms. The molecule has 0 aliphatic rings. The first-order chi connectivity index (χ1) is 16.2. The van der Waals surface area contributed by atoms with Gasteiger partial charge in [-0.25, -0.2) is 9.78 Å². The van der Waals surface area contributed by atoms with Crippen LogP contribution in [0.5, 0.6) is 11.5 Å². The number of carboxylic acid groups (broad SMARTS) is 1. The first-order valence-corrected chi connectivity index (χ1v) is 9.84. The van der Waals surface area contributed by atoms with E-state index in [-0.39, 0.29) is 17.1 Å². The first kappa shape index (κ1) is 22.6. The van der Waals surface area contributed by atoms with Crippen LogP contribution in [-0.2, 0) is 6.18 Å². The maximum Gasteiger partial charge on any atom is 0.416 e. The largest absolute Gasteiger partial charge is 0.477 e. The number of aromatic amines is 1. The summed E-state index contributed by atoms with van der Waals surface area (Å²) in [6.45, 7) is 0. The van der Waals surface area contributed by atoms with Gasteiger partial charge in [0, 0.05) is 29.7 Å². The van der Waals surface area contributed by atoms with E-state index in [4.69, 9.17) is 9.84 Å². The van der Waals surface area contributed by atoms with Crippen LogP contribution in [0.1, 0.15) is 26.5 Å². The van der Waals surface area contributed by atoms with Crippen LogP contribution >= 0.6 is 0 Å². The van der Waals surface area contributed by atoms with E-state index in [2.05, 4.69) is 15.3 Å². The van der Waals surface area contributed by atoms with Crippen molar-refractivity contribution in [3.8, 4) is 22.6 Å². The minimum atomic E-state index is -4.51. The van der Waals surface area contributed by atoms with E-state index in [0.717, 1.165) is 12.1 Å². The standard InChI is InChI=1S/C24H16F3N3O4/c25-24(26,27)16-4-2-5-17(11-16)30-22(31)20-10-15(13-29-20)14-3-1-6-18(9-14)34-19-7-8-28-21(12-19)23(32)33/h1-13,29H,(H,30,31)(H,32,33). The van der Waals surface area contributed by atoms with Crippen LogP contribution in [0.2, 0.25) is 0 Å². The third-order valence-corrected chi connectivity index (χ3v) is 4.73. The van der Waals surface area contributed by atoms with E-state index < -0.39 is 23.6 Å². The summed E-state index contributed by atoms with van der Waals surface area (Å²) in [5.41, 5.74) is 0.484. The van der Waals surface area contributed by atoms with Gasteiger partial charge < -0.3 is 20.1 Å². The zero-order valence-corrected chi connectivity index (χ0v) is 17.3. The van der Waals surface area contributed by atoms with Crippen LogP contribution in [0, 0.1) is 0 Å². The number of H-pyrrole nitrogens is 1. The fraction of sp³-hybridized carbons (Fsp3) is 0.0417. The number of carbonyl (C=O) groups excluding carboxylic acids is 1. The van der Waals surface area contributed by atoms with E-state index in [9.17, 15) is 22.8 Å². The van der Waals surface area contributed by atoms with Gasteiger partial charge in [0.1, 0.15) is 17.2 Å². The zero-order chi connectivity index (χ0) is 24.3. The lowest BCUT2D eigenvalue weighted by Crippen LogP contribution is -2.13. The van der Waals surface area contributed by atoms with E-state index in [0.29, 0.717) is 22.6 Å². The number of anilines is 1. The molecule has 0 saturated carbocycles. The third-order valence-electron chi connectivity index (χ3n) is 4.73. The average Bonchev–Trinajstić information content (AvgIpc) is 3.30. The van der Waals surface area contributed by atoms with Crippen molar-refractivity contribution in [2.75, 3.05) is 5.32 Å². The van der Waals surface area contributed by atoms with Gasteiger partial charge in [-0.3, -0.25) is 4.79 Å². The van der Waals surface area contributed by atoms with Crippen LogP contribution in [0.25, 0.3) is 11.1 Å². The van der Waals surface area contributed by atoms with Crippen molar-refractivity contribution in [3.63, 3.8) is 0 Å². The Labute approximate surface area is 190 Å². The van der Waals surface area contributed by atoms with Gasteiger partial charge in [-0.2, -0.15) is 13.2 Å². The molecule has 0 atom stereocenters. The van der Waals surface area contributed by atoms with Crippen molar-refractivity contribution in [2.45, 2.75) is 6.18 Å². The Morgan fingerprint density at radius 3 is 2.47 bits per heavy atom. The highest BCUT2D eigenvalue weighted by molar-refractivity contribution is 6.03. The fourth-order valence-electron chi connectivity index (χ4n) is 3.13. The van der Waals surface area contributed by atoms with Gasteiger partial charge in [0.25, 0.3) is 5.91 Å². The average molecular weight is 467 g/mol. The van der Waals surface area contributed by atoms with Crippen LogP contribution < -0.4 is 10.1 Å². The Kier molecular flexibility index (Phi) is 6.05. The molecule has 4 rings (SSSR count). The molecule has 172 valence electrons. The second-order valence-electron chi connectivity index (χ2n) is 7.15. The number of ether oxygens (including phenoxy) is 1. The number of alkyl halides is 3. The quantitative estimate of drug-likeness (QED) is 0.331. The summed E-state index contributed by atoms with van der Waals surface area (Å²) in [6, 6.07) is 15.6. The Balaban J connectivity index is 1.49. The number of halogens is 3. The summed E-state index contributed by atoms with van der Waals surface area (Å²) in [5, 5.41) is 11.5. The minimum Gasteiger partial charge on any atom is -0.477 e. The smallest absolute Gasteiger partial charge is 0.416 e. The number of hydrogen-bond acceptors (Lipinski definition) is 4. The molecule has 7 nitrogen and oxygen atoms in total. The SMILES string of the molecule is O=C(O)c1cc(Oc2cccc(-c3c[nH]c(C(=O)Nc4cccc(C(F)(F)F)c4)c3)c2)ccn1. The van der Waals surface area contributed by atoms with Crippen LogP contribution in [0.4, 0.5) is 18.9 Å². The van der Waals surface area contributed by atoms with Crippen molar-refractivity contribution < 1.29 is 32.6 Å². The number of aromatic carboxylic acids is 1. The maximum atomic E-state index is 12.9. The minimum absolute atomic E-state index is 0.0180. The van der Waals surface area contributed by atoms with Crippen molar-refractivity contribution in [3.05, 3.63) is 96.1 Å². The molecule has 0 unspecified atom stereocenters. The lowest BCUT2D eigenvalue weighted by molar-refractivity contribution is -0.137. The highest BCUT2D eigenvalue weighted by atomic mass is 19.4. The molecule has 0 bridgehead atoms. The van der Waals surface area contributed by atoms with Crippen molar-refractivity contribution in [1.82, 2.24) is 9.97 Å². The molecule has 0 fully saturated rings. The molecule has 34 heavy (non-hydrogen) atoms. The van der Waals surface area contributed by atoms with E-state index >= 15 is 0 Å². The number of carbonyl (C=O) groups is 2. The van der Waals surface area contributed by atoms with Crippen molar-refractivity contribution >= 4 is 17.6 Å². The highest BCUT2D eigenvalue weighted by Crippen LogP contribution is 2.31. The summed E-state index contributed by atoms with van der Waals surface area (Å²) < 4.78 is 44.4. The number of amides is 1. The topological polar surface area (TPSA) is 104 Å². The number of pyridine rings is 1. The summed E-state index contributed by atoms with van der Waals surface area (Å²) in [5.74, 6) is -1.06. The van der Waals surface area contributed by atoms with Crippen LogP contribution in [0.15, 0.2) is 79.1 Å². The Morgan fingerprint density at radius 2 is 1.71 bits per heavy atom. The molecule has 2 aromatic carbocycles. The van der Waals surface area contributed by atoms with Gasteiger partial charge in [-0.15, -0.1) is 0 Å². The van der Waals surface area contributed by atoms with Crippen molar-refractivity contribution in [1.29, 1.82) is 0 Å². The second-order valence-corrected chi connectivity index (χ2v) is 7.15.